The van der Waals surface area contributed by atoms with Crippen LogP contribution in [-0.4, -0.2) is 53.5 Å². The lowest BCUT2D eigenvalue weighted by atomic mass is 9.98. The maximum atomic E-state index is 12.3. The van der Waals surface area contributed by atoms with Crippen molar-refractivity contribution in [2.24, 2.45) is 5.92 Å². The molecule has 1 aromatic rings. The summed E-state index contributed by atoms with van der Waals surface area (Å²) < 4.78 is 0. The maximum Gasteiger partial charge on any atom is 0.307 e. The first-order valence-corrected chi connectivity index (χ1v) is 7.71. The number of rotatable bonds is 5. The topological polar surface area (TPSA) is 60.9 Å². The summed E-state index contributed by atoms with van der Waals surface area (Å²) in [5, 5.41) is 9.10. The molecule has 0 radical (unpaired) electrons. The number of carboxylic acids is 1. The minimum atomic E-state index is -0.759. The van der Waals surface area contributed by atoms with Crippen molar-refractivity contribution < 1.29 is 14.7 Å². The minimum Gasteiger partial charge on any atom is -0.481 e. The first-order valence-electron chi connectivity index (χ1n) is 7.71. The number of amides is 1. The van der Waals surface area contributed by atoms with Gasteiger partial charge in [0.25, 0.3) is 0 Å². The Labute approximate surface area is 143 Å². The van der Waals surface area contributed by atoms with Gasteiger partial charge < -0.3 is 10.0 Å². The fourth-order valence-corrected chi connectivity index (χ4v) is 2.84. The van der Waals surface area contributed by atoms with E-state index in [1.54, 1.807) is 11.9 Å². The molecule has 0 spiro atoms. The summed E-state index contributed by atoms with van der Waals surface area (Å²) in [6, 6.07) is 8.03. The second-order valence-corrected chi connectivity index (χ2v) is 6.09. The largest absolute Gasteiger partial charge is 0.481 e. The second-order valence-electron chi connectivity index (χ2n) is 6.09. The number of aliphatic carboxylic acids is 1. The summed E-state index contributed by atoms with van der Waals surface area (Å²) in [6.45, 7) is 4.19. The summed E-state index contributed by atoms with van der Waals surface area (Å²) in [4.78, 5) is 27.1. The highest BCUT2D eigenvalue weighted by Gasteiger charge is 2.27. The standard InChI is InChI=1S/C17H24N2O3.ClH/c1-13-6-3-4-7-14(13)10-18(2)16(20)12-19-9-5-8-15(11-19)17(21)22;/h3-4,6-7,15H,5,8-12H2,1-2H3,(H,21,22);1H. The molecular formula is C17H25ClN2O3. The molecule has 1 amide bonds. The zero-order valence-electron chi connectivity index (χ0n) is 13.7. The van der Waals surface area contributed by atoms with Crippen molar-refractivity contribution in [3.63, 3.8) is 0 Å². The smallest absolute Gasteiger partial charge is 0.307 e. The summed E-state index contributed by atoms with van der Waals surface area (Å²) >= 11 is 0. The van der Waals surface area contributed by atoms with E-state index in [0.717, 1.165) is 18.5 Å². The molecular weight excluding hydrogens is 316 g/mol. The van der Waals surface area contributed by atoms with Crippen molar-refractivity contribution in [1.29, 1.82) is 0 Å². The highest BCUT2D eigenvalue weighted by atomic mass is 35.5. The van der Waals surface area contributed by atoms with E-state index in [-0.39, 0.29) is 24.2 Å². The van der Waals surface area contributed by atoms with Crippen LogP contribution in [0.25, 0.3) is 0 Å². The zero-order valence-corrected chi connectivity index (χ0v) is 14.5. The number of hydrogen-bond donors (Lipinski definition) is 1. The van der Waals surface area contributed by atoms with Gasteiger partial charge in [0, 0.05) is 20.1 Å². The number of carbonyl (C=O) groups is 2. The van der Waals surface area contributed by atoms with Gasteiger partial charge in [0.1, 0.15) is 0 Å². The molecule has 1 atom stereocenters. The SMILES string of the molecule is Cc1ccccc1CN(C)C(=O)CN1CCCC(C(=O)O)C1.Cl. The van der Waals surface area contributed by atoms with Crippen molar-refractivity contribution in [3.05, 3.63) is 35.4 Å². The fourth-order valence-electron chi connectivity index (χ4n) is 2.84. The molecule has 0 saturated carbocycles. The molecule has 0 aliphatic carbocycles. The van der Waals surface area contributed by atoms with Crippen molar-refractivity contribution in [2.45, 2.75) is 26.3 Å². The highest BCUT2D eigenvalue weighted by molar-refractivity contribution is 5.85. The van der Waals surface area contributed by atoms with Crippen LogP contribution in [0.5, 0.6) is 0 Å². The Balaban J connectivity index is 0.00000264. The Morgan fingerprint density at radius 1 is 1.35 bits per heavy atom. The number of carbonyl (C=O) groups excluding carboxylic acids is 1. The number of likely N-dealkylation sites (tertiary alicyclic amines) is 1. The zero-order chi connectivity index (χ0) is 16.1. The van der Waals surface area contributed by atoms with E-state index >= 15 is 0 Å². The minimum absolute atomic E-state index is 0. The number of carboxylic acid groups (broad SMARTS) is 1. The molecule has 6 heteroatoms. The highest BCUT2D eigenvalue weighted by Crippen LogP contribution is 2.17. The Morgan fingerprint density at radius 3 is 2.70 bits per heavy atom. The van der Waals surface area contributed by atoms with Gasteiger partial charge in [-0.05, 0) is 37.4 Å². The maximum absolute atomic E-state index is 12.3. The number of hydrogen-bond acceptors (Lipinski definition) is 3. The predicted octanol–water partition coefficient (Wildman–Crippen LogP) is 2.17. The summed E-state index contributed by atoms with van der Waals surface area (Å²) in [6.07, 6.45) is 1.55. The van der Waals surface area contributed by atoms with Gasteiger partial charge in [0.2, 0.25) is 5.91 Å². The normalized spacial score (nSPS) is 18.1. The number of likely N-dealkylation sites (N-methyl/N-ethyl adjacent to an activating group) is 1. The van der Waals surface area contributed by atoms with Crippen LogP contribution >= 0.6 is 12.4 Å². The van der Waals surface area contributed by atoms with Gasteiger partial charge in [0.15, 0.2) is 0 Å². The Kier molecular flexibility index (Phi) is 7.52. The summed E-state index contributed by atoms with van der Waals surface area (Å²) in [5.74, 6) is -1.07. The Bertz CT molecular complexity index is 550. The average molecular weight is 341 g/mol. The molecule has 0 bridgehead atoms. The summed E-state index contributed by atoms with van der Waals surface area (Å²) in [7, 11) is 1.80. The second kappa shape index (κ2) is 8.89. The van der Waals surface area contributed by atoms with Gasteiger partial charge in [-0.3, -0.25) is 14.5 Å². The van der Waals surface area contributed by atoms with E-state index in [2.05, 4.69) is 0 Å². The average Bonchev–Trinajstić information content (AvgIpc) is 2.49. The van der Waals surface area contributed by atoms with Gasteiger partial charge >= 0.3 is 5.97 Å². The van der Waals surface area contributed by atoms with E-state index in [1.165, 1.54) is 5.56 Å². The quantitative estimate of drug-likeness (QED) is 0.892. The fraction of sp³-hybridized carbons (Fsp3) is 0.529. The summed E-state index contributed by atoms with van der Waals surface area (Å²) in [5.41, 5.74) is 2.31. The van der Waals surface area contributed by atoms with Crippen LogP contribution < -0.4 is 0 Å². The van der Waals surface area contributed by atoms with Crippen LogP contribution in [0.15, 0.2) is 24.3 Å². The number of aryl methyl sites for hydroxylation is 1. The number of piperidine rings is 1. The lowest BCUT2D eigenvalue weighted by Gasteiger charge is -2.31. The van der Waals surface area contributed by atoms with Gasteiger partial charge in [0.05, 0.1) is 12.5 Å². The molecule has 1 aromatic carbocycles. The van der Waals surface area contributed by atoms with Gasteiger partial charge in [-0.2, -0.15) is 0 Å². The third-order valence-electron chi connectivity index (χ3n) is 4.31. The molecule has 1 saturated heterocycles. The first-order chi connectivity index (χ1) is 10.5. The van der Waals surface area contributed by atoms with E-state index in [0.29, 0.717) is 26.1 Å². The lowest BCUT2D eigenvalue weighted by molar-refractivity contribution is -0.144. The molecule has 1 fully saturated rings. The third-order valence-corrected chi connectivity index (χ3v) is 4.31. The van der Waals surface area contributed by atoms with Crippen LogP contribution in [-0.2, 0) is 16.1 Å². The monoisotopic (exact) mass is 340 g/mol. The van der Waals surface area contributed by atoms with Gasteiger partial charge in [-0.1, -0.05) is 24.3 Å². The van der Waals surface area contributed by atoms with Crippen molar-refractivity contribution in [2.75, 3.05) is 26.7 Å². The Hall–Kier alpha value is -1.59. The van der Waals surface area contributed by atoms with Crippen molar-refractivity contribution in [1.82, 2.24) is 9.80 Å². The molecule has 5 nitrogen and oxygen atoms in total. The molecule has 1 aliphatic heterocycles. The van der Waals surface area contributed by atoms with Crippen LogP contribution in [0, 0.1) is 12.8 Å². The lowest BCUT2D eigenvalue weighted by Crippen LogP contribution is -2.44. The van der Waals surface area contributed by atoms with Crippen LogP contribution in [0.3, 0.4) is 0 Å². The molecule has 2 rings (SSSR count). The van der Waals surface area contributed by atoms with Gasteiger partial charge in [-0.15, -0.1) is 12.4 Å². The van der Waals surface area contributed by atoms with E-state index in [1.807, 2.05) is 36.1 Å². The molecule has 0 aromatic heterocycles. The molecule has 1 N–H and O–H groups in total. The Morgan fingerprint density at radius 2 is 2.04 bits per heavy atom. The molecule has 23 heavy (non-hydrogen) atoms. The van der Waals surface area contributed by atoms with E-state index < -0.39 is 5.97 Å². The third kappa shape index (κ3) is 5.52. The van der Waals surface area contributed by atoms with E-state index in [9.17, 15) is 9.59 Å². The van der Waals surface area contributed by atoms with E-state index in [4.69, 9.17) is 5.11 Å². The predicted molar refractivity (Wildman–Crippen MR) is 91.7 cm³/mol. The van der Waals surface area contributed by atoms with Crippen LogP contribution in [0.2, 0.25) is 0 Å². The van der Waals surface area contributed by atoms with Gasteiger partial charge in [-0.25, -0.2) is 0 Å². The number of halogens is 1. The van der Waals surface area contributed by atoms with Crippen molar-refractivity contribution >= 4 is 24.3 Å². The molecule has 1 aliphatic rings. The van der Waals surface area contributed by atoms with Crippen molar-refractivity contribution in [3.8, 4) is 0 Å². The molecule has 1 unspecified atom stereocenters. The van der Waals surface area contributed by atoms with Crippen LogP contribution in [0.4, 0.5) is 0 Å². The first kappa shape index (κ1) is 19.5. The van der Waals surface area contributed by atoms with Crippen LogP contribution in [0.1, 0.15) is 24.0 Å². The number of nitrogens with zero attached hydrogens (tertiary/aromatic N) is 2. The number of benzene rings is 1. The molecule has 128 valence electrons. The molecule has 1 heterocycles.